The highest BCUT2D eigenvalue weighted by molar-refractivity contribution is 4.96. The summed E-state index contributed by atoms with van der Waals surface area (Å²) < 4.78 is 5.45. The lowest BCUT2D eigenvalue weighted by Gasteiger charge is -2.44. The molecule has 0 radical (unpaired) electrons. The number of piperazine rings is 1. The standard InChI is InChI=1S/C15H30N2O/c1-4-6-14(11-18-3)17-10-15(12-7-8-12)16-9-13(17)5-2/h12-16H,4-11H2,1-3H3. The van der Waals surface area contributed by atoms with E-state index in [9.17, 15) is 0 Å². The first-order chi connectivity index (χ1) is 8.80. The summed E-state index contributed by atoms with van der Waals surface area (Å²) in [6, 6.07) is 2.06. The average molecular weight is 254 g/mol. The van der Waals surface area contributed by atoms with Gasteiger partial charge < -0.3 is 10.1 Å². The van der Waals surface area contributed by atoms with Gasteiger partial charge in [0.2, 0.25) is 0 Å². The lowest BCUT2D eigenvalue weighted by Crippen LogP contribution is -2.60. The molecule has 1 aliphatic carbocycles. The third kappa shape index (κ3) is 3.46. The van der Waals surface area contributed by atoms with Crippen molar-refractivity contribution in [2.24, 2.45) is 5.92 Å². The second-order valence-corrected chi connectivity index (χ2v) is 6.01. The molecule has 2 fully saturated rings. The molecule has 3 unspecified atom stereocenters. The summed E-state index contributed by atoms with van der Waals surface area (Å²) in [5, 5.41) is 3.77. The fourth-order valence-corrected chi connectivity index (χ4v) is 3.36. The third-order valence-corrected chi connectivity index (χ3v) is 4.60. The SMILES string of the molecule is CCCC(COC)N1CC(C2CC2)NCC1CC. The Morgan fingerprint density at radius 2 is 2.11 bits per heavy atom. The molecule has 3 atom stereocenters. The molecule has 2 aliphatic rings. The first-order valence-corrected chi connectivity index (χ1v) is 7.78. The molecule has 0 bridgehead atoms. The van der Waals surface area contributed by atoms with E-state index in [-0.39, 0.29) is 0 Å². The summed E-state index contributed by atoms with van der Waals surface area (Å²) >= 11 is 0. The second-order valence-electron chi connectivity index (χ2n) is 6.01. The number of hydrogen-bond acceptors (Lipinski definition) is 3. The zero-order valence-electron chi connectivity index (χ0n) is 12.3. The zero-order valence-corrected chi connectivity index (χ0v) is 12.3. The van der Waals surface area contributed by atoms with Gasteiger partial charge >= 0.3 is 0 Å². The van der Waals surface area contributed by atoms with Crippen LogP contribution in [0.25, 0.3) is 0 Å². The monoisotopic (exact) mass is 254 g/mol. The van der Waals surface area contributed by atoms with Crippen LogP contribution in [-0.2, 0) is 4.74 Å². The molecule has 18 heavy (non-hydrogen) atoms. The largest absolute Gasteiger partial charge is 0.383 e. The molecule has 3 nitrogen and oxygen atoms in total. The summed E-state index contributed by atoms with van der Waals surface area (Å²) in [6.07, 6.45) is 6.63. The van der Waals surface area contributed by atoms with E-state index >= 15 is 0 Å². The number of nitrogens with zero attached hydrogens (tertiary/aromatic N) is 1. The van der Waals surface area contributed by atoms with Crippen molar-refractivity contribution in [3.8, 4) is 0 Å². The van der Waals surface area contributed by atoms with Crippen LogP contribution in [0.4, 0.5) is 0 Å². The molecular weight excluding hydrogens is 224 g/mol. The van der Waals surface area contributed by atoms with Crippen molar-refractivity contribution in [3.63, 3.8) is 0 Å². The molecule has 2 rings (SSSR count). The Morgan fingerprint density at radius 3 is 2.67 bits per heavy atom. The quantitative estimate of drug-likeness (QED) is 0.754. The molecule has 0 aromatic heterocycles. The van der Waals surface area contributed by atoms with Crippen LogP contribution in [-0.4, -0.2) is 49.8 Å². The molecule has 106 valence electrons. The van der Waals surface area contributed by atoms with Gasteiger partial charge in [-0.25, -0.2) is 0 Å². The molecule has 0 amide bonds. The Morgan fingerprint density at radius 1 is 1.33 bits per heavy atom. The van der Waals surface area contributed by atoms with Crippen LogP contribution in [0.5, 0.6) is 0 Å². The van der Waals surface area contributed by atoms with Gasteiger partial charge in [-0.15, -0.1) is 0 Å². The molecule has 1 heterocycles. The van der Waals surface area contributed by atoms with E-state index in [0.717, 1.165) is 18.6 Å². The average Bonchev–Trinajstić information content (AvgIpc) is 3.22. The van der Waals surface area contributed by atoms with Gasteiger partial charge in [-0.05, 0) is 31.6 Å². The number of hydrogen-bond donors (Lipinski definition) is 1. The fourth-order valence-electron chi connectivity index (χ4n) is 3.36. The topological polar surface area (TPSA) is 24.5 Å². The summed E-state index contributed by atoms with van der Waals surface area (Å²) in [6.45, 7) is 7.89. The van der Waals surface area contributed by atoms with Crippen molar-refractivity contribution in [2.75, 3.05) is 26.8 Å². The van der Waals surface area contributed by atoms with E-state index in [1.807, 2.05) is 7.11 Å². The van der Waals surface area contributed by atoms with Gasteiger partial charge in [0.15, 0.2) is 0 Å². The molecule has 0 aromatic rings. The molecule has 1 N–H and O–H groups in total. The van der Waals surface area contributed by atoms with E-state index in [1.54, 1.807) is 0 Å². The Hall–Kier alpha value is -0.120. The van der Waals surface area contributed by atoms with Gasteiger partial charge in [0, 0.05) is 38.3 Å². The van der Waals surface area contributed by atoms with Crippen molar-refractivity contribution in [2.45, 2.75) is 64.1 Å². The minimum atomic E-state index is 0.619. The third-order valence-electron chi connectivity index (χ3n) is 4.60. The minimum absolute atomic E-state index is 0.619. The zero-order chi connectivity index (χ0) is 13.0. The van der Waals surface area contributed by atoms with Gasteiger partial charge in [0.1, 0.15) is 0 Å². The fraction of sp³-hybridized carbons (Fsp3) is 1.00. The van der Waals surface area contributed by atoms with Crippen molar-refractivity contribution in [3.05, 3.63) is 0 Å². The maximum absolute atomic E-state index is 5.45. The number of ether oxygens (including phenoxy) is 1. The van der Waals surface area contributed by atoms with E-state index in [0.29, 0.717) is 12.1 Å². The van der Waals surface area contributed by atoms with Crippen LogP contribution in [0.2, 0.25) is 0 Å². The minimum Gasteiger partial charge on any atom is -0.383 e. The molecule has 1 saturated heterocycles. The van der Waals surface area contributed by atoms with Crippen LogP contribution in [0.3, 0.4) is 0 Å². The first kappa shape index (κ1) is 14.3. The summed E-state index contributed by atoms with van der Waals surface area (Å²) in [5.74, 6) is 0.954. The van der Waals surface area contributed by atoms with Gasteiger partial charge in [-0.1, -0.05) is 20.3 Å². The molecule has 0 aromatic carbocycles. The first-order valence-electron chi connectivity index (χ1n) is 7.78. The molecule has 1 aliphatic heterocycles. The van der Waals surface area contributed by atoms with E-state index in [1.165, 1.54) is 45.2 Å². The van der Waals surface area contributed by atoms with Crippen LogP contribution in [0.15, 0.2) is 0 Å². The molecular formula is C15H30N2O. The maximum atomic E-state index is 5.45. The Balaban J connectivity index is 1.97. The molecule has 1 saturated carbocycles. The highest BCUT2D eigenvalue weighted by Crippen LogP contribution is 2.35. The van der Waals surface area contributed by atoms with Crippen LogP contribution >= 0.6 is 0 Å². The van der Waals surface area contributed by atoms with Gasteiger partial charge in [0.05, 0.1) is 6.61 Å². The number of rotatable bonds is 7. The lowest BCUT2D eigenvalue weighted by molar-refractivity contribution is 0.0244. The van der Waals surface area contributed by atoms with Crippen molar-refractivity contribution in [1.29, 1.82) is 0 Å². The smallest absolute Gasteiger partial charge is 0.0618 e. The molecule has 0 spiro atoms. The van der Waals surface area contributed by atoms with Gasteiger partial charge in [-0.2, -0.15) is 0 Å². The van der Waals surface area contributed by atoms with Gasteiger partial charge in [-0.3, -0.25) is 4.90 Å². The summed E-state index contributed by atoms with van der Waals surface area (Å²) in [7, 11) is 1.84. The van der Waals surface area contributed by atoms with E-state index in [2.05, 4.69) is 24.1 Å². The predicted octanol–water partition coefficient (Wildman–Crippen LogP) is 2.26. The maximum Gasteiger partial charge on any atom is 0.0618 e. The highest BCUT2D eigenvalue weighted by atomic mass is 16.5. The van der Waals surface area contributed by atoms with Crippen molar-refractivity contribution >= 4 is 0 Å². The molecule has 3 heteroatoms. The summed E-state index contributed by atoms with van der Waals surface area (Å²) in [5.41, 5.74) is 0. The number of methoxy groups -OCH3 is 1. The lowest BCUT2D eigenvalue weighted by atomic mass is 9.99. The van der Waals surface area contributed by atoms with E-state index in [4.69, 9.17) is 4.74 Å². The van der Waals surface area contributed by atoms with Crippen LogP contribution in [0.1, 0.15) is 46.0 Å². The van der Waals surface area contributed by atoms with E-state index < -0.39 is 0 Å². The van der Waals surface area contributed by atoms with Crippen molar-refractivity contribution < 1.29 is 4.74 Å². The second kappa shape index (κ2) is 6.88. The van der Waals surface area contributed by atoms with Gasteiger partial charge in [0.25, 0.3) is 0 Å². The Bertz CT molecular complexity index is 237. The Labute approximate surface area is 112 Å². The summed E-state index contributed by atoms with van der Waals surface area (Å²) in [4.78, 5) is 2.74. The van der Waals surface area contributed by atoms with Crippen LogP contribution in [0, 0.1) is 5.92 Å². The number of nitrogens with one attached hydrogen (secondary N) is 1. The highest BCUT2D eigenvalue weighted by Gasteiger charge is 2.38. The Kier molecular flexibility index (Phi) is 5.46. The normalized spacial score (nSPS) is 31.5. The predicted molar refractivity (Wildman–Crippen MR) is 75.9 cm³/mol. The van der Waals surface area contributed by atoms with Crippen molar-refractivity contribution in [1.82, 2.24) is 10.2 Å². The van der Waals surface area contributed by atoms with Crippen LogP contribution < -0.4 is 5.32 Å².